The first-order chi connectivity index (χ1) is 8.10. The number of carboxylic acids is 1. The topological polar surface area (TPSA) is 70.5 Å². The monoisotopic (exact) mass is 234 g/mol. The van der Waals surface area contributed by atoms with Crippen LogP contribution < -0.4 is 0 Å². The summed E-state index contributed by atoms with van der Waals surface area (Å²) < 4.78 is 0. The summed E-state index contributed by atoms with van der Waals surface area (Å²) in [6, 6.07) is 4.36. The van der Waals surface area contributed by atoms with Gasteiger partial charge in [-0.1, -0.05) is 12.1 Å². The third-order valence-electron chi connectivity index (χ3n) is 2.21. The highest BCUT2D eigenvalue weighted by Crippen LogP contribution is 2.04. The van der Waals surface area contributed by atoms with Crippen molar-refractivity contribution in [2.24, 2.45) is 0 Å². The first-order valence-electron chi connectivity index (χ1n) is 5.20. The normalized spacial score (nSPS) is 9.71. The van der Waals surface area contributed by atoms with E-state index in [9.17, 15) is 9.59 Å². The van der Waals surface area contributed by atoms with E-state index in [-0.39, 0.29) is 17.3 Å². The number of carbonyl (C=O) groups excluding carboxylic acids is 1. The molecule has 0 bridgehead atoms. The maximum absolute atomic E-state index is 12.0. The van der Waals surface area contributed by atoms with Crippen LogP contribution in [0.5, 0.6) is 0 Å². The number of pyridine rings is 1. The predicted molar refractivity (Wildman–Crippen MR) is 63.0 cm³/mol. The molecule has 90 valence electrons. The summed E-state index contributed by atoms with van der Waals surface area (Å²) in [4.78, 5) is 28.0. The number of aromatic carboxylic acids is 1. The molecule has 0 aliphatic carbocycles. The average molecular weight is 234 g/mol. The van der Waals surface area contributed by atoms with Crippen LogP contribution in [0, 0.1) is 0 Å². The quantitative estimate of drug-likeness (QED) is 0.782. The molecule has 5 nitrogen and oxygen atoms in total. The second kappa shape index (κ2) is 5.79. The van der Waals surface area contributed by atoms with Gasteiger partial charge in [-0.05, 0) is 19.1 Å². The summed E-state index contributed by atoms with van der Waals surface area (Å²) in [7, 11) is 0. The molecule has 0 aliphatic rings. The van der Waals surface area contributed by atoms with Crippen LogP contribution >= 0.6 is 0 Å². The van der Waals surface area contributed by atoms with Gasteiger partial charge in [-0.15, -0.1) is 6.58 Å². The molecular formula is C12H14N2O3. The zero-order valence-electron chi connectivity index (χ0n) is 9.59. The molecule has 1 N–H and O–H groups in total. The van der Waals surface area contributed by atoms with Crippen LogP contribution in [0.1, 0.15) is 27.9 Å². The summed E-state index contributed by atoms with van der Waals surface area (Å²) in [6.45, 7) is 6.33. The number of likely N-dealkylation sites (N-methyl/N-ethyl adjacent to an activating group) is 1. The lowest BCUT2D eigenvalue weighted by atomic mass is 10.2. The standard InChI is InChI=1S/C12H14N2O3/c1-3-8-14(4-2)11(15)9-6-5-7-10(13-9)12(16)17/h3,5-7H,1,4,8H2,2H3,(H,16,17). The van der Waals surface area contributed by atoms with E-state index in [2.05, 4.69) is 11.6 Å². The summed E-state index contributed by atoms with van der Waals surface area (Å²) in [5.41, 5.74) is -0.000828. The molecule has 1 amide bonds. The number of aromatic nitrogens is 1. The Bertz CT molecular complexity index is 443. The second-order valence-electron chi connectivity index (χ2n) is 3.35. The van der Waals surface area contributed by atoms with Gasteiger partial charge in [0.1, 0.15) is 11.4 Å². The molecule has 5 heteroatoms. The number of rotatable bonds is 5. The van der Waals surface area contributed by atoms with Crippen LogP contribution in [-0.4, -0.2) is 40.0 Å². The van der Waals surface area contributed by atoms with Gasteiger partial charge in [-0.25, -0.2) is 9.78 Å². The second-order valence-corrected chi connectivity index (χ2v) is 3.35. The number of amides is 1. The lowest BCUT2D eigenvalue weighted by Crippen LogP contribution is -2.31. The first-order valence-corrected chi connectivity index (χ1v) is 5.20. The van der Waals surface area contributed by atoms with Gasteiger partial charge in [0, 0.05) is 13.1 Å². The van der Waals surface area contributed by atoms with E-state index in [4.69, 9.17) is 5.11 Å². The highest BCUT2D eigenvalue weighted by molar-refractivity contribution is 5.94. The molecule has 0 fully saturated rings. The van der Waals surface area contributed by atoms with Gasteiger partial charge in [0.05, 0.1) is 0 Å². The molecule has 0 unspecified atom stereocenters. The third kappa shape index (κ3) is 3.14. The number of carboxylic acid groups (broad SMARTS) is 1. The maximum atomic E-state index is 12.0. The van der Waals surface area contributed by atoms with Crippen LogP contribution in [0.15, 0.2) is 30.9 Å². The van der Waals surface area contributed by atoms with Crippen molar-refractivity contribution in [3.05, 3.63) is 42.2 Å². The molecule has 0 atom stereocenters. The molecule has 0 aliphatic heterocycles. The van der Waals surface area contributed by atoms with Crippen molar-refractivity contribution in [3.8, 4) is 0 Å². The van der Waals surface area contributed by atoms with Crippen molar-refractivity contribution in [1.29, 1.82) is 0 Å². The number of carbonyl (C=O) groups is 2. The van der Waals surface area contributed by atoms with E-state index < -0.39 is 5.97 Å². The molecule has 0 saturated carbocycles. The molecule has 1 rings (SSSR count). The smallest absolute Gasteiger partial charge is 0.354 e. The summed E-state index contributed by atoms with van der Waals surface area (Å²) >= 11 is 0. The SMILES string of the molecule is C=CCN(CC)C(=O)c1cccc(C(=O)O)n1. The fourth-order valence-electron chi connectivity index (χ4n) is 1.35. The molecule has 0 aromatic carbocycles. The van der Waals surface area contributed by atoms with Crippen LogP contribution in [0.4, 0.5) is 0 Å². The van der Waals surface area contributed by atoms with Gasteiger partial charge in [-0.2, -0.15) is 0 Å². The molecule has 0 spiro atoms. The van der Waals surface area contributed by atoms with E-state index in [0.717, 1.165) is 0 Å². The lowest BCUT2D eigenvalue weighted by molar-refractivity contribution is 0.0690. The minimum Gasteiger partial charge on any atom is -0.477 e. The van der Waals surface area contributed by atoms with Crippen LogP contribution in [0.3, 0.4) is 0 Å². The fourth-order valence-corrected chi connectivity index (χ4v) is 1.35. The number of nitrogens with zero attached hydrogens (tertiary/aromatic N) is 2. The molecule has 1 aromatic heterocycles. The van der Waals surface area contributed by atoms with Crippen molar-refractivity contribution in [2.45, 2.75) is 6.92 Å². The van der Waals surface area contributed by atoms with E-state index >= 15 is 0 Å². The highest BCUT2D eigenvalue weighted by Gasteiger charge is 2.15. The van der Waals surface area contributed by atoms with Crippen molar-refractivity contribution in [1.82, 2.24) is 9.88 Å². The summed E-state index contributed by atoms with van der Waals surface area (Å²) in [5.74, 6) is -1.44. The van der Waals surface area contributed by atoms with Gasteiger partial charge in [0.2, 0.25) is 0 Å². The third-order valence-corrected chi connectivity index (χ3v) is 2.21. The van der Waals surface area contributed by atoms with Gasteiger partial charge in [-0.3, -0.25) is 4.79 Å². The van der Waals surface area contributed by atoms with Crippen molar-refractivity contribution in [3.63, 3.8) is 0 Å². The zero-order chi connectivity index (χ0) is 12.8. The molecule has 1 heterocycles. The minimum absolute atomic E-state index is 0.133. The van der Waals surface area contributed by atoms with Gasteiger partial charge >= 0.3 is 5.97 Å². The predicted octanol–water partition coefficient (Wildman–Crippen LogP) is 1.43. The Morgan fingerprint density at radius 2 is 2.12 bits per heavy atom. The van der Waals surface area contributed by atoms with Crippen LogP contribution in [0.25, 0.3) is 0 Å². The maximum Gasteiger partial charge on any atom is 0.354 e. The Hall–Kier alpha value is -2.17. The van der Waals surface area contributed by atoms with E-state index in [1.54, 1.807) is 6.08 Å². The average Bonchev–Trinajstić information content (AvgIpc) is 2.35. The zero-order valence-corrected chi connectivity index (χ0v) is 9.59. The Balaban J connectivity index is 2.98. The Morgan fingerprint density at radius 1 is 1.47 bits per heavy atom. The largest absolute Gasteiger partial charge is 0.477 e. The number of hydrogen-bond acceptors (Lipinski definition) is 3. The molecule has 17 heavy (non-hydrogen) atoms. The van der Waals surface area contributed by atoms with E-state index in [1.165, 1.54) is 23.1 Å². The van der Waals surface area contributed by atoms with Crippen LogP contribution in [-0.2, 0) is 0 Å². The Kier molecular flexibility index (Phi) is 4.39. The molecule has 0 saturated heterocycles. The lowest BCUT2D eigenvalue weighted by Gasteiger charge is -2.18. The molecule has 1 aromatic rings. The fraction of sp³-hybridized carbons (Fsp3) is 0.250. The van der Waals surface area contributed by atoms with Crippen molar-refractivity contribution < 1.29 is 14.7 Å². The Morgan fingerprint density at radius 3 is 2.65 bits per heavy atom. The van der Waals surface area contributed by atoms with E-state index in [0.29, 0.717) is 13.1 Å². The molecular weight excluding hydrogens is 220 g/mol. The summed E-state index contributed by atoms with van der Waals surface area (Å²) in [6.07, 6.45) is 1.61. The molecule has 0 radical (unpaired) electrons. The van der Waals surface area contributed by atoms with Gasteiger partial charge in [0.15, 0.2) is 0 Å². The van der Waals surface area contributed by atoms with Crippen molar-refractivity contribution >= 4 is 11.9 Å². The van der Waals surface area contributed by atoms with Gasteiger partial charge in [0.25, 0.3) is 5.91 Å². The number of hydrogen-bond donors (Lipinski definition) is 1. The van der Waals surface area contributed by atoms with Crippen molar-refractivity contribution in [2.75, 3.05) is 13.1 Å². The Labute approximate surface area is 99.4 Å². The first kappa shape index (κ1) is 12.9. The van der Waals surface area contributed by atoms with Gasteiger partial charge < -0.3 is 10.0 Å². The highest BCUT2D eigenvalue weighted by atomic mass is 16.4. The minimum atomic E-state index is -1.15. The van der Waals surface area contributed by atoms with Crippen LogP contribution in [0.2, 0.25) is 0 Å². The summed E-state index contributed by atoms with van der Waals surface area (Å²) in [5, 5.41) is 8.79. The van der Waals surface area contributed by atoms with E-state index in [1.807, 2.05) is 6.92 Å².